The maximum Gasteiger partial charge on any atom is 0.202 e. The Morgan fingerprint density at radius 2 is 1.90 bits per heavy atom. The van der Waals surface area contributed by atoms with Crippen LogP contribution in [-0.4, -0.2) is 65.6 Å². The molecule has 2 aromatic heterocycles. The molecule has 3 heterocycles. The maximum atomic E-state index is 10.4. The van der Waals surface area contributed by atoms with E-state index in [-0.39, 0.29) is 0 Å². The second-order valence-electron chi connectivity index (χ2n) is 6.97. The van der Waals surface area contributed by atoms with Crippen LogP contribution in [0.5, 0.6) is 0 Å². The van der Waals surface area contributed by atoms with E-state index in [9.17, 15) is 20.4 Å². The minimum atomic E-state index is -1.45. The number of nitrogens with zero attached hydrogens (tertiary/aromatic N) is 3. The number of aliphatic hydroxyl groups excluding tert-OH is 4. The van der Waals surface area contributed by atoms with Gasteiger partial charge in [0.05, 0.1) is 13.2 Å². The number of pyridine rings is 1. The molecule has 1 aliphatic heterocycles. The van der Waals surface area contributed by atoms with Crippen LogP contribution in [0.3, 0.4) is 0 Å². The van der Waals surface area contributed by atoms with E-state index < -0.39 is 37.1 Å². The van der Waals surface area contributed by atoms with Gasteiger partial charge in [0, 0.05) is 11.2 Å². The Bertz CT molecular complexity index is 1090. The van der Waals surface area contributed by atoms with E-state index in [2.05, 4.69) is 5.10 Å². The third-order valence-corrected chi connectivity index (χ3v) is 5.88. The van der Waals surface area contributed by atoms with Gasteiger partial charge >= 0.3 is 0 Å². The number of fused-ring (bicyclic) bond motifs is 1. The second kappa shape index (κ2) is 8.11. The topological polar surface area (TPSA) is 112 Å². The highest BCUT2D eigenvalue weighted by Gasteiger charge is 2.44. The van der Waals surface area contributed by atoms with Gasteiger partial charge in [-0.05, 0) is 47.6 Å². The van der Waals surface area contributed by atoms with Crippen LogP contribution in [0, 0.1) is 4.77 Å². The Morgan fingerprint density at radius 3 is 2.62 bits per heavy atom. The van der Waals surface area contributed by atoms with Gasteiger partial charge in [-0.2, -0.15) is 5.10 Å². The average Bonchev–Trinajstić information content (AvgIpc) is 3.04. The predicted molar refractivity (Wildman–Crippen MR) is 107 cm³/mol. The summed E-state index contributed by atoms with van der Waals surface area (Å²) in [5, 5.41) is 44.8. The molecule has 154 valence electrons. The van der Waals surface area contributed by atoms with Crippen LogP contribution in [0.2, 0.25) is 5.02 Å². The lowest BCUT2D eigenvalue weighted by atomic mass is 9.90. The molecule has 8 nitrogen and oxygen atoms in total. The SMILES string of the molecule is OC[C@H]1O[C@@H](c2ccc(Cl)c(Cn3nc4ccccn4c3=S)c2)[C@H](O)[C@@H](O)[C@@H]1O. The van der Waals surface area contributed by atoms with Crippen LogP contribution in [-0.2, 0) is 11.3 Å². The minimum Gasteiger partial charge on any atom is -0.394 e. The number of halogens is 1. The summed E-state index contributed by atoms with van der Waals surface area (Å²) in [5.74, 6) is 0. The summed E-state index contributed by atoms with van der Waals surface area (Å²) in [7, 11) is 0. The van der Waals surface area contributed by atoms with Gasteiger partial charge in [-0.3, -0.25) is 4.40 Å². The molecule has 0 spiro atoms. The highest BCUT2D eigenvalue weighted by Crippen LogP contribution is 2.34. The molecule has 0 aliphatic carbocycles. The minimum absolute atomic E-state index is 0.296. The highest BCUT2D eigenvalue weighted by atomic mass is 35.5. The molecule has 5 atom stereocenters. The fourth-order valence-corrected chi connectivity index (χ4v) is 3.94. The summed E-state index contributed by atoms with van der Waals surface area (Å²) in [4.78, 5) is 0. The number of hydrogen-bond donors (Lipinski definition) is 4. The van der Waals surface area contributed by atoms with E-state index >= 15 is 0 Å². The molecule has 1 aliphatic rings. The van der Waals surface area contributed by atoms with Crippen molar-refractivity contribution in [2.45, 2.75) is 37.1 Å². The zero-order valence-electron chi connectivity index (χ0n) is 15.2. The summed E-state index contributed by atoms with van der Waals surface area (Å²) in [6, 6.07) is 10.6. The van der Waals surface area contributed by atoms with Gasteiger partial charge < -0.3 is 25.2 Å². The van der Waals surface area contributed by atoms with Crippen LogP contribution < -0.4 is 0 Å². The molecule has 1 fully saturated rings. The van der Waals surface area contributed by atoms with Gasteiger partial charge in [0.25, 0.3) is 0 Å². The lowest BCUT2D eigenvalue weighted by Gasteiger charge is -2.40. The van der Waals surface area contributed by atoms with Crippen LogP contribution >= 0.6 is 23.8 Å². The molecule has 0 bridgehead atoms. The van der Waals surface area contributed by atoms with E-state index in [0.29, 0.717) is 33.1 Å². The van der Waals surface area contributed by atoms with E-state index in [1.165, 1.54) is 0 Å². The third-order valence-electron chi connectivity index (χ3n) is 5.10. The van der Waals surface area contributed by atoms with Gasteiger partial charge in [-0.15, -0.1) is 0 Å². The summed E-state index contributed by atoms with van der Waals surface area (Å²) < 4.78 is 9.57. The van der Waals surface area contributed by atoms with Gasteiger partial charge in [0.2, 0.25) is 4.77 Å². The molecule has 0 unspecified atom stereocenters. The maximum absolute atomic E-state index is 10.4. The second-order valence-corrected chi connectivity index (χ2v) is 7.74. The molecule has 1 saturated heterocycles. The first-order valence-electron chi connectivity index (χ1n) is 9.03. The zero-order chi connectivity index (χ0) is 20.7. The van der Waals surface area contributed by atoms with Crippen LogP contribution in [0.25, 0.3) is 5.65 Å². The number of benzene rings is 1. The van der Waals surface area contributed by atoms with Crippen molar-refractivity contribution >= 4 is 29.5 Å². The summed E-state index contributed by atoms with van der Waals surface area (Å²) in [6.45, 7) is -0.192. The lowest BCUT2D eigenvalue weighted by molar-refractivity contribution is -0.231. The van der Waals surface area contributed by atoms with Crippen LogP contribution in [0.1, 0.15) is 17.2 Å². The number of hydrogen-bond acceptors (Lipinski definition) is 7. The van der Waals surface area contributed by atoms with Gasteiger partial charge in [-0.1, -0.05) is 23.7 Å². The lowest BCUT2D eigenvalue weighted by Crippen LogP contribution is -2.55. The number of ether oxygens (including phenoxy) is 1. The van der Waals surface area contributed by atoms with Crippen molar-refractivity contribution in [3.63, 3.8) is 0 Å². The number of aliphatic hydroxyl groups is 4. The highest BCUT2D eigenvalue weighted by molar-refractivity contribution is 7.71. The quantitative estimate of drug-likeness (QED) is 0.452. The number of rotatable bonds is 4. The smallest absolute Gasteiger partial charge is 0.202 e. The van der Waals surface area contributed by atoms with Crippen LogP contribution in [0.15, 0.2) is 42.6 Å². The molecule has 0 radical (unpaired) electrons. The molecule has 29 heavy (non-hydrogen) atoms. The molecule has 0 amide bonds. The fraction of sp³-hybridized carbons (Fsp3) is 0.368. The Labute approximate surface area is 176 Å². The first kappa shape index (κ1) is 20.4. The van der Waals surface area contributed by atoms with Crippen molar-refractivity contribution in [1.29, 1.82) is 0 Å². The van der Waals surface area contributed by atoms with Crippen molar-refractivity contribution in [3.8, 4) is 0 Å². The van der Waals surface area contributed by atoms with E-state index in [1.807, 2.05) is 24.4 Å². The molecule has 1 aromatic carbocycles. The molecular weight excluding hydrogens is 418 g/mol. The molecule has 4 rings (SSSR count). The van der Waals surface area contributed by atoms with E-state index in [4.69, 9.17) is 28.6 Å². The van der Waals surface area contributed by atoms with Crippen molar-refractivity contribution in [2.75, 3.05) is 6.61 Å². The monoisotopic (exact) mass is 437 g/mol. The van der Waals surface area contributed by atoms with Crippen molar-refractivity contribution in [3.05, 3.63) is 63.5 Å². The average molecular weight is 438 g/mol. The molecule has 10 heteroatoms. The first-order chi connectivity index (χ1) is 13.9. The standard InChI is InChI=1S/C19H20ClN3O5S/c20-12-5-4-10(18-17(27)16(26)15(25)13(9-24)28-18)7-11(12)8-23-19(29)22-6-2-1-3-14(22)21-23/h1-7,13,15-18,24-27H,8-9H2/t13-,15-,16+,17-,18+/m1/s1. The Hall–Kier alpha value is -1.85. The Morgan fingerprint density at radius 1 is 1.10 bits per heavy atom. The Kier molecular flexibility index (Phi) is 5.71. The van der Waals surface area contributed by atoms with E-state index in [0.717, 1.165) is 0 Å². The molecular formula is C19H20ClN3O5S. The number of aromatic nitrogens is 3. The molecule has 0 saturated carbocycles. The Balaban J connectivity index is 1.67. The normalized spacial score (nSPS) is 27.4. The van der Waals surface area contributed by atoms with Gasteiger partial charge in [0.1, 0.15) is 30.5 Å². The summed E-state index contributed by atoms with van der Waals surface area (Å²) >= 11 is 11.8. The summed E-state index contributed by atoms with van der Waals surface area (Å²) in [6.07, 6.45) is -4.31. The first-order valence-corrected chi connectivity index (χ1v) is 9.82. The van der Waals surface area contributed by atoms with Crippen molar-refractivity contribution < 1.29 is 25.2 Å². The van der Waals surface area contributed by atoms with E-state index in [1.54, 1.807) is 27.3 Å². The van der Waals surface area contributed by atoms with Gasteiger partial charge in [0.15, 0.2) is 5.65 Å². The van der Waals surface area contributed by atoms with Crippen molar-refractivity contribution in [2.24, 2.45) is 0 Å². The molecule has 3 aromatic rings. The van der Waals surface area contributed by atoms with Gasteiger partial charge in [-0.25, -0.2) is 4.68 Å². The predicted octanol–water partition coefficient (Wildman–Crippen LogP) is 1.08. The fourth-order valence-electron chi connectivity index (χ4n) is 3.50. The summed E-state index contributed by atoms with van der Waals surface area (Å²) in [5.41, 5.74) is 1.95. The van der Waals surface area contributed by atoms with Crippen LogP contribution in [0.4, 0.5) is 0 Å². The third kappa shape index (κ3) is 3.71. The zero-order valence-corrected chi connectivity index (χ0v) is 16.7. The van der Waals surface area contributed by atoms with Crippen molar-refractivity contribution in [1.82, 2.24) is 14.2 Å². The largest absolute Gasteiger partial charge is 0.394 e. The molecule has 4 N–H and O–H groups in total.